The van der Waals surface area contributed by atoms with Crippen molar-refractivity contribution in [3.8, 4) is 0 Å². The van der Waals surface area contributed by atoms with Crippen LogP contribution in [-0.4, -0.2) is 21.7 Å². The zero-order valence-corrected chi connectivity index (χ0v) is 16.5. The molecule has 1 amide bonds. The molecule has 0 fully saturated rings. The molecule has 27 heavy (non-hydrogen) atoms. The standard InChI is InChI=1S/C18H20N4O3S2/c1-12(2)13-3-5-14(6-4-13)19-18(26)21-20-17(23)11-27-16-9-7-15(8-10-16)22(24)25/h3-10,12H,11H2,1-2H3,(H,20,23)(H2,19,21,26). The second-order valence-corrected chi connectivity index (χ2v) is 7.40. The number of nitrogens with one attached hydrogen (secondary N) is 3. The number of hydrogen-bond donors (Lipinski definition) is 3. The van der Waals surface area contributed by atoms with Crippen molar-refractivity contribution < 1.29 is 9.72 Å². The van der Waals surface area contributed by atoms with Crippen LogP contribution in [0.5, 0.6) is 0 Å². The second kappa shape index (κ2) is 9.89. The number of hydrogen-bond acceptors (Lipinski definition) is 5. The third kappa shape index (κ3) is 6.87. The fourth-order valence-corrected chi connectivity index (χ4v) is 2.96. The molecule has 0 aliphatic rings. The van der Waals surface area contributed by atoms with Gasteiger partial charge in [-0.15, -0.1) is 11.8 Å². The van der Waals surface area contributed by atoms with E-state index in [0.717, 1.165) is 10.6 Å². The van der Waals surface area contributed by atoms with E-state index in [4.69, 9.17) is 12.2 Å². The number of carbonyl (C=O) groups is 1. The van der Waals surface area contributed by atoms with Gasteiger partial charge in [0.05, 0.1) is 10.7 Å². The highest BCUT2D eigenvalue weighted by molar-refractivity contribution is 8.00. The predicted molar refractivity (Wildman–Crippen MR) is 112 cm³/mol. The van der Waals surface area contributed by atoms with Crippen LogP contribution in [0.3, 0.4) is 0 Å². The molecule has 0 spiro atoms. The van der Waals surface area contributed by atoms with E-state index in [1.54, 1.807) is 12.1 Å². The molecule has 2 rings (SSSR count). The summed E-state index contributed by atoms with van der Waals surface area (Å²) in [6.45, 7) is 4.25. The Morgan fingerprint density at radius 3 is 2.30 bits per heavy atom. The van der Waals surface area contributed by atoms with E-state index in [1.165, 1.54) is 29.5 Å². The Kier molecular flexibility index (Phi) is 7.56. The summed E-state index contributed by atoms with van der Waals surface area (Å²) < 4.78 is 0. The average Bonchev–Trinajstić information content (AvgIpc) is 2.65. The van der Waals surface area contributed by atoms with E-state index in [9.17, 15) is 14.9 Å². The summed E-state index contributed by atoms with van der Waals surface area (Å²) in [5.74, 6) is 0.339. The molecule has 0 radical (unpaired) electrons. The SMILES string of the molecule is CC(C)c1ccc(NC(=S)NNC(=O)CSc2ccc([N+](=O)[O-])cc2)cc1. The zero-order chi connectivity index (χ0) is 19.8. The number of carbonyl (C=O) groups excluding carboxylic acids is 1. The monoisotopic (exact) mass is 404 g/mol. The lowest BCUT2D eigenvalue weighted by atomic mass is 10.0. The molecule has 3 N–H and O–H groups in total. The molecule has 7 nitrogen and oxygen atoms in total. The highest BCUT2D eigenvalue weighted by atomic mass is 32.2. The Morgan fingerprint density at radius 2 is 1.74 bits per heavy atom. The van der Waals surface area contributed by atoms with Crippen molar-refractivity contribution >= 4 is 46.4 Å². The lowest BCUT2D eigenvalue weighted by Gasteiger charge is -2.12. The maximum absolute atomic E-state index is 11.9. The molecular weight excluding hydrogens is 384 g/mol. The zero-order valence-electron chi connectivity index (χ0n) is 14.9. The minimum atomic E-state index is -0.463. The molecule has 0 bridgehead atoms. The first-order valence-corrected chi connectivity index (χ1v) is 9.57. The molecule has 0 heterocycles. The maximum atomic E-state index is 11.9. The first kappa shape index (κ1) is 20.7. The van der Waals surface area contributed by atoms with Crippen LogP contribution >= 0.6 is 24.0 Å². The van der Waals surface area contributed by atoms with Gasteiger partial charge in [-0.25, -0.2) is 0 Å². The summed E-state index contributed by atoms with van der Waals surface area (Å²) in [5, 5.41) is 13.9. The van der Waals surface area contributed by atoms with Crippen molar-refractivity contribution in [2.75, 3.05) is 11.1 Å². The van der Waals surface area contributed by atoms with E-state index in [0.29, 0.717) is 5.92 Å². The number of nitro groups is 1. The summed E-state index contributed by atoms with van der Waals surface area (Å²) in [6, 6.07) is 13.9. The normalized spacial score (nSPS) is 10.3. The summed E-state index contributed by atoms with van der Waals surface area (Å²) in [5.41, 5.74) is 7.23. The van der Waals surface area contributed by atoms with Gasteiger partial charge in [0.2, 0.25) is 5.91 Å². The Hall–Kier alpha value is -2.65. The van der Waals surface area contributed by atoms with Crippen LogP contribution in [0.1, 0.15) is 25.3 Å². The molecule has 9 heteroatoms. The number of non-ortho nitro benzene ring substituents is 1. The van der Waals surface area contributed by atoms with Crippen LogP contribution in [0.25, 0.3) is 0 Å². The van der Waals surface area contributed by atoms with Gasteiger partial charge >= 0.3 is 0 Å². The molecule has 0 atom stereocenters. The van der Waals surface area contributed by atoms with Crippen molar-refractivity contribution in [2.45, 2.75) is 24.7 Å². The minimum absolute atomic E-state index is 0.0170. The molecule has 0 saturated carbocycles. The van der Waals surface area contributed by atoms with Crippen LogP contribution in [0, 0.1) is 10.1 Å². The maximum Gasteiger partial charge on any atom is 0.269 e. The number of hydrazine groups is 1. The Bertz CT molecular complexity index is 808. The van der Waals surface area contributed by atoms with Crippen molar-refractivity contribution in [1.29, 1.82) is 0 Å². The van der Waals surface area contributed by atoms with E-state index in [1.807, 2.05) is 24.3 Å². The van der Waals surface area contributed by atoms with Crippen LogP contribution in [0.2, 0.25) is 0 Å². The Morgan fingerprint density at radius 1 is 1.11 bits per heavy atom. The molecule has 2 aromatic rings. The van der Waals surface area contributed by atoms with Crippen LogP contribution in [0.4, 0.5) is 11.4 Å². The van der Waals surface area contributed by atoms with Crippen molar-refractivity contribution in [3.63, 3.8) is 0 Å². The Labute approximate surface area is 167 Å². The Balaban J connectivity index is 1.72. The molecule has 0 aliphatic heterocycles. The quantitative estimate of drug-likeness (QED) is 0.291. The number of thiocarbonyl (C=S) groups is 1. The van der Waals surface area contributed by atoms with E-state index in [2.05, 4.69) is 30.0 Å². The van der Waals surface area contributed by atoms with E-state index in [-0.39, 0.29) is 22.5 Å². The average molecular weight is 405 g/mol. The topological polar surface area (TPSA) is 96.3 Å². The second-order valence-electron chi connectivity index (χ2n) is 5.94. The van der Waals surface area contributed by atoms with Gasteiger partial charge in [0, 0.05) is 22.7 Å². The number of nitro benzene ring substituents is 1. The van der Waals surface area contributed by atoms with E-state index >= 15 is 0 Å². The third-order valence-corrected chi connectivity index (χ3v) is 4.78. The van der Waals surface area contributed by atoms with Crippen molar-refractivity contribution in [3.05, 3.63) is 64.2 Å². The number of rotatable bonds is 6. The number of nitrogens with zero attached hydrogens (tertiary/aromatic N) is 1. The molecule has 142 valence electrons. The smallest absolute Gasteiger partial charge is 0.269 e. The summed E-state index contributed by atoms with van der Waals surface area (Å²) in [6.07, 6.45) is 0. The number of benzene rings is 2. The third-order valence-electron chi connectivity index (χ3n) is 3.57. The fourth-order valence-electron chi connectivity index (χ4n) is 2.09. The largest absolute Gasteiger partial charge is 0.331 e. The molecular formula is C18H20N4O3S2. The lowest BCUT2D eigenvalue weighted by molar-refractivity contribution is -0.384. The van der Waals surface area contributed by atoms with E-state index < -0.39 is 4.92 Å². The summed E-state index contributed by atoms with van der Waals surface area (Å²) in [7, 11) is 0. The highest BCUT2D eigenvalue weighted by Crippen LogP contribution is 2.21. The molecule has 0 aromatic heterocycles. The first-order chi connectivity index (χ1) is 12.8. The van der Waals surface area contributed by atoms with Crippen molar-refractivity contribution in [1.82, 2.24) is 10.9 Å². The van der Waals surface area contributed by atoms with Crippen LogP contribution < -0.4 is 16.2 Å². The molecule has 0 aliphatic carbocycles. The van der Waals surface area contributed by atoms with Crippen LogP contribution in [-0.2, 0) is 4.79 Å². The molecule has 2 aromatic carbocycles. The van der Waals surface area contributed by atoms with Crippen molar-refractivity contribution in [2.24, 2.45) is 0 Å². The van der Waals surface area contributed by atoms with Gasteiger partial charge in [-0.1, -0.05) is 26.0 Å². The first-order valence-electron chi connectivity index (χ1n) is 8.18. The van der Waals surface area contributed by atoms with Gasteiger partial charge in [-0.05, 0) is 48.0 Å². The molecule has 0 unspecified atom stereocenters. The van der Waals surface area contributed by atoms with Gasteiger partial charge in [0.1, 0.15) is 0 Å². The fraction of sp³-hybridized carbons (Fsp3) is 0.222. The minimum Gasteiger partial charge on any atom is -0.331 e. The summed E-state index contributed by atoms with van der Waals surface area (Å²) in [4.78, 5) is 22.8. The summed E-state index contributed by atoms with van der Waals surface area (Å²) >= 11 is 6.42. The van der Waals surface area contributed by atoms with Gasteiger partial charge in [0.25, 0.3) is 5.69 Å². The number of thioether (sulfide) groups is 1. The predicted octanol–water partition coefficient (Wildman–Crippen LogP) is 3.83. The van der Waals surface area contributed by atoms with Gasteiger partial charge in [0.15, 0.2) is 5.11 Å². The van der Waals surface area contributed by atoms with Gasteiger partial charge in [-0.2, -0.15) is 0 Å². The number of amides is 1. The van der Waals surface area contributed by atoms with Gasteiger partial charge in [-0.3, -0.25) is 25.8 Å². The molecule has 0 saturated heterocycles. The highest BCUT2D eigenvalue weighted by Gasteiger charge is 2.07. The number of anilines is 1. The van der Waals surface area contributed by atoms with Gasteiger partial charge < -0.3 is 5.32 Å². The van der Waals surface area contributed by atoms with Crippen LogP contribution in [0.15, 0.2) is 53.4 Å². The lowest BCUT2D eigenvalue weighted by Crippen LogP contribution is -2.44.